The molecule has 152 valence electrons. The smallest absolute Gasteiger partial charge is 0.275 e. The summed E-state index contributed by atoms with van der Waals surface area (Å²) in [5.41, 5.74) is 0. The van der Waals surface area contributed by atoms with Crippen molar-refractivity contribution in [3.05, 3.63) is 18.2 Å². The van der Waals surface area contributed by atoms with Gasteiger partial charge in [0.1, 0.15) is 16.4 Å². The summed E-state index contributed by atoms with van der Waals surface area (Å²) in [7, 11) is -0.762. The van der Waals surface area contributed by atoms with Crippen molar-refractivity contribution >= 4 is 15.9 Å². The summed E-state index contributed by atoms with van der Waals surface area (Å²) in [6, 6.07) is 4.73. The third-order valence-corrected chi connectivity index (χ3v) is 6.46. The Hall–Kier alpha value is -1.84. The fourth-order valence-electron chi connectivity index (χ4n) is 2.95. The minimum Gasteiger partial charge on any atom is -0.497 e. The van der Waals surface area contributed by atoms with Crippen LogP contribution in [0.3, 0.4) is 0 Å². The van der Waals surface area contributed by atoms with Crippen molar-refractivity contribution in [2.45, 2.75) is 18.7 Å². The number of nitrogens with zero attached hydrogens (tertiary/aromatic N) is 1. The molecular formula is C18H30N3O5S+. The van der Waals surface area contributed by atoms with E-state index in [1.54, 1.807) is 12.1 Å². The first-order valence-electron chi connectivity index (χ1n) is 9.10. The lowest BCUT2D eigenvalue weighted by atomic mass is 10.2. The minimum atomic E-state index is -3.70. The molecule has 1 aliphatic rings. The normalized spacial score (nSPS) is 16.3. The van der Waals surface area contributed by atoms with E-state index in [9.17, 15) is 13.2 Å². The first-order valence-corrected chi connectivity index (χ1v) is 10.5. The fraction of sp³-hybridized carbons (Fsp3) is 0.611. The molecule has 1 aliphatic heterocycles. The number of quaternary nitrogens is 1. The summed E-state index contributed by atoms with van der Waals surface area (Å²) in [5, 5.41) is 2.90. The minimum absolute atomic E-state index is 0.00414. The molecule has 0 saturated carbocycles. The highest BCUT2D eigenvalue weighted by Gasteiger charge is 2.33. The van der Waals surface area contributed by atoms with Crippen molar-refractivity contribution in [1.82, 2.24) is 9.62 Å². The zero-order chi connectivity index (χ0) is 20.0. The number of sulfonamides is 1. The summed E-state index contributed by atoms with van der Waals surface area (Å²) < 4.78 is 37.9. The quantitative estimate of drug-likeness (QED) is 0.606. The number of methoxy groups -OCH3 is 2. The highest BCUT2D eigenvalue weighted by molar-refractivity contribution is 7.89. The average Bonchev–Trinajstić information content (AvgIpc) is 2.66. The largest absolute Gasteiger partial charge is 0.497 e. The topological polar surface area (TPSA) is 89.4 Å². The zero-order valence-corrected chi connectivity index (χ0v) is 17.3. The molecule has 2 N–H and O–H groups in total. The number of amides is 1. The van der Waals surface area contributed by atoms with Gasteiger partial charge in [0, 0.05) is 12.6 Å². The van der Waals surface area contributed by atoms with Gasteiger partial charge in [0.25, 0.3) is 5.91 Å². The van der Waals surface area contributed by atoms with Gasteiger partial charge in [-0.1, -0.05) is 13.8 Å². The third kappa shape index (κ3) is 5.57. The van der Waals surface area contributed by atoms with Crippen LogP contribution in [0.25, 0.3) is 0 Å². The first kappa shape index (κ1) is 21.5. The van der Waals surface area contributed by atoms with Crippen molar-refractivity contribution in [2.75, 3.05) is 53.5 Å². The Balaban J connectivity index is 2.01. The third-order valence-electron chi connectivity index (χ3n) is 4.54. The number of ether oxygens (including phenoxy) is 2. The van der Waals surface area contributed by atoms with E-state index in [0.717, 1.165) is 4.90 Å². The number of rotatable bonds is 8. The molecule has 1 aromatic rings. The first-order chi connectivity index (χ1) is 12.8. The molecule has 0 bridgehead atoms. The van der Waals surface area contributed by atoms with E-state index >= 15 is 0 Å². The summed E-state index contributed by atoms with van der Waals surface area (Å²) >= 11 is 0. The molecule has 1 fully saturated rings. The maximum atomic E-state index is 13.0. The van der Waals surface area contributed by atoms with E-state index in [1.807, 2.05) is 13.8 Å². The summed E-state index contributed by atoms with van der Waals surface area (Å²) in [6.07, 6.45) is 0. The zero-order valence-electron chi connectivity index (χ0n) is 16.4. The summed E-state index contributed by atoms with van der Waals surface area (Å²) in [6.45, 7) is 6.99. The molecule has 1 aromatic carbocycles. The number of carbonyl (C=O) groups is 1. The lowest BCUT2D eigenvalue weighted by Gasteiger charge is -2.31. The van der Waals surface area contributed by atoms with Crippen LogP contribution in [0.4, 0.5) is 0 Å². The van der Waals surface area contributed by atoms with Crippen LogP contribution in [-0.4, -0.2) is 72.1 Å². The van der Waals surface area contributed by atoms with Gasteiger partial charge in [-0.2, -0.15) is 4.31 Å². The van der Waals surface area contributed by atoms with E-state index in [1.165, 1.54) is 24.6 Å². The lowest BCUT2D eigenvalue weighted by molar-refractivity contribution is -0.895. The van der Waals surface area contributed by atoms with Gasteiger partial charge < -0.3 is 19.7 Å². The highest BCUT2D eigenvalue weighted by atomic mass is 32.2. The van der Waals surface area contributed by atoms with Crippen LogP contribution in [-0.2, 0) is 14.8 Å². The predicted octanol–water partition coefficient (Wildman–Crippen LogP) is -0.635. The van der Waals surface area contributed by atoms with Gasteiger partial charge in [-0.3, -0.25) is 4.79 Å². The average molecular weight is 401 g/mol. The molecule has 1 saturated heterocycles. The van der Waals surface area contributed by atoms with E-state index in [2.05, 4.69) is 5.32 Å². The predicted molar refractivity (Wildman–Crippen MR) is 102 cm³/mol. The summed E-state index contributed by atoms with van der Waals surface area (Å²) in [4.78, 5) is 13.2. The van der Waals surface area contributed by atoms with Crippen LogP contribution < -0.4 is 19.7 Å². The fourth-order valence-corrected chi connectivity index (χ4v) is 4.56. The van der Waals surface area contributed by atoms with Gasteiger partial charge in [-0.05, 0) is 18.1 Å². The number of carbonyl (C=O) groups excluding carboxylic acids is 1. The maximum absolute atomic E-state index is 13.0. The van der Waals surface area contributed by atoms with Gasteiger partial charge in [-0.25, -0.2) is 8.42 Å². The van der Waals surface area contributed by atoms with Gasteiger partial charge in [-0.15, -0.1) is 0 Å². The Morgan fingerprint density at radius 3 is 2.44 bits per heavy atom. The van der Waals surface area contributed by atoms with Crippen molar-refractivity contribution < 1.29 is 27.6 Å². The van der Waals surface area contributed by atoms with Crippen LogP contribution in [0.2, 0.25) is 0 Å². The molecule has 1 amide bonds. The molecule has 1 heterocycles. The van der Waals surface area contributed by atoms with Crippen molar-refractivity contribution in [2.24, 2.45) is 5.92 Å². The molecule has 27 heavy (non-hydrogen) atoms. The van der Waals surface area contributed by atoms with Gasteiger partial charge >= 0.3 is 0 Å². The number of hydrogen-bond donors (Lipinski definition) is 2. The maximum Gasteiger partial charge on any atom is 0.275 e. The number of hydrogen-bond acceptors (Lipinski definition) is 5. The Morgan fingerprint density at radius 2 is 1.89 bits per heavy atom. The molecule has 0 spiro atoms. The molecular weight excluding hydrogens is 370 g/mol. The van der Waals surface area contributed by atoms with Crippen LogP contribution >= 0.6 is 0 Å². The van der Waals surface area contributed by atoms with Gasteiger partial charge in [0.15, 0.2) is 6.54 Å². The SMILES string of the molecule is COc1ccc(OC)c(S(=O)(=O)N2CC[NH+](CC(=O)NCC(C)C)CC2)c1. The molecule has 2 rings (SSSR count). The monoisotopic (exact) mass is 400 g/mol. The standard InChI is InChI=1S/C18H29N3O5S/c1-14(2)12-19-18(22)13-20-7-9-21(10-8-20)27(23,24)17-11-15(25-3)5-6-16(17)26-4/h5-6,11,14H,7-10,12-13H2,1-4H3,(H,19,22)/p+1. The van der Waals surface area contributed by atoms with Crippen molar-refractivity contribution in [3.8, 4) is 11.5 Å². The Labute approximate surface area is 161 Å². The molecule has 0 atom stereocenters. The number of benzene rings is 1. The number of piperazine rings is 1. The lowest BCUT2D eigenvalue weighted by Crippen LogP contribution is -3.15. The second kappa shape index (κ2) is 9.38. The Morgan fingerprint density at radius 1 is 1.22 bits per heavy atom. The summed E-state index contributed by atoms with van der Waals surface area (Å²) in [5.74, 6) is 1.16. The van der Waals surface area contributed by atoms with Gasteiger partial charge in [0.2, 0.25) is 10.0 Å². The molecule has 0 aliphatic carbocycles. The second-order valence-electron chi connectivity index (χ2n) is 7.05. The molecule has 0 unspecified atom stereocenters. The van der Waals surface area contributed by atoms with E-state index in [-0.39, 0.29) is 10.8 Å². The van der Waals surface area contributed by atoms with Crippen LogP contribution in [0, 0.1) is 5.92 Å². The van der Waals surface area contributed by atoms with Gasteiger partial charge in [0.05, 0.1) is 40.4 Å². The van der Waals surface area contributed by atoms with Crippen LogP contribution in [0.15, 0.2) is 23.1 Å². The highest BCUT2D eigenvalue weighted by Crippen LogP contribution is 2.30. The van der Waals surface area contributed by atoms with Crippen molar-refractivity contribution in [3.63, 3.8) is 0 Å². The van der Waals surface area contributed by atoms with Crippen LogP contribution in [0.1, 0.15) is 13.8 Å². The molecule has 0 aromatic heterocycles. The Bertz CT molecular complexity index is 743. The molecule has 0 radical (unpaired) electrons. The second-order valence-corrected chi connectivity index (χ2v) is 8.95. The number of nitrogens with one attached hydrogen (secondary N) is 2. The van der Waals surface area contributed by atoms with E-state index in [4.69, 9.17) is 9.47 Å². The molecule has 8 nitrogen and oxygen atoms in total. The van der Waals surface area contributed by atoms with E-state index in [0.29, 0.717) is 56.7 Å². The van der Waals surface area contributed by atoms with E-state index < -0.39 is 10.0 Å². The molecule has 9 heteroatoms. The Kier molecular flexibility index (Phi) is 7.46. The van der Waals surface area contributed by atoms with Crippen LogP contribution in [0.5, 0.6) is 11.5 Å². The van der Waals surface area contributed by atoms with Crippen molar-refractivity contribution in [1.29, 1.82) is 0 Å².